The van der Waals surface area contributed by atoms with Crippen LogP contribution in [0.5, 0.6) is 0 Å². The fourth-order valence-electron chi connectivity index (χ4n) is 3.19. The largest absolute Gasteiger partial charge is 0.458 e. The second kappa shape index (κ2) is 4.19. The summed E-state index contributed by atoms with van der Waals surface area (Å²) in [5.41, 5.74) is -0.451. The molecule has 1 unspecified atom stereocenters. The molecular weight excluding hydrogens is 204 g/mol. The average molecular weight is 224 g/mol. The summed E-state index contributed by atoms with van der Waals surface area (Å²) in [7, 11) is 0. The van der Waals surface area contributed by atoms with Gasteiger partial charge in [0, 0.05) is 0 Å². The molecule has 1 aliphatic heterocycles. The fraction of sp³-hybridized carbons (Fsp3) is 0.846. The lowest BCUT2D eigenvalue weighted by Crippen LogP contribution is -2.52. The molecule has 1 saturated carbocycles. The Kier molecular flexibility index (Phi) is 3.04. The fourth-order valence-corrected chi connectivity index (χ4v) is 3.19. The molecule has 1 aliphatic carbocycles. The van der Waals surface area contributed by atoms with E-state index in [1.807, 2.05) is 6.92 Å². The lowest BCUT2D eigenvalue weighted by molar-refractivity contribution is -0.185. The first kappa shape index (κ1) is 11.6. The van der Waals surface area contributed by atoms with Gasteiger partial charge in [0.25, 0.3) is 0 Å². The number of rotatable bonds is 1. The van der Waals surface area contributed by atoms with Crippen LogP contribution in [0.3, 0.4) is 0 Å². The van der Waals surface area contributed by atoms with Crippen LogP contribution in [-0.4, -0.2) is 17.4 Å². The third kappa shape index (κ3) is 1.87. The molecule has 3 nitrogen and oxygen atoms in total. The van der Waals surface area contributed by atoms with E-state index in [1.54, 1.807) is 0 Å². The Morgan fingerprint density at radius 2 is 1.94 bits per heavy atom. The first-order valence-corrected chi connectivity index (χ1v) is 6.32. The van der Waals surface area contributed by atoms with Crippen LogP contribution >= 0.6 is 0 Å². The molecule has 2 fully saturated rings. The number of ether oxygens (including phenoxy) is 1. The van der Waals surface area contributed by atoms with Crippen LogP contribution in [-0.2, 0) is 14.3 Å². The zero-order valence-electron chi connectivity index (χ0n) is 10.1. The van der Waals surface area contributed by atoms with Crippen LogP contribution in [0.15, 0.2) is 0 Å². The lowest BCUT2D eigenvalue weighted by Gasteiger charge is -2.45. The molecule has 1 saturated heterocycles. The predicted molar refractivity (Wildman–Crippen MR) is 59.9 cm³/mol. The van der Waals surface area contributed by atoms with Crippen LogP contribution in [0.1, 0.15) is 52.4 Å². The molecule has 0 amide bonds. The van der Waals surface area contributed by atoms with Gasteiger partial charge in [0.2, 0.25) is 0 Å². The third-order valence-corrected chi connectivity index (χ3v) is 4.19. The van der Waals surface area contributed by atoms with Crippen molar-refractivity contribution in [2.45, 2.75) is 58.0 Å². The van der Waals surface area contributed by atoms with Crippen LogP contribution in [0.25, 0.3) is 0 Å². The van der Waals surface area contributed by atoms with Gasteiger partial charge in [0.1, 0.15) is 12.0 Å². The van der Waals surface area contributed by atoms with Crippen molar-refractivity contribution in [1.82, 2.24) is 0 Å². The molecule has 0 aromatic rings. The summed E-state index contributed by atoms with van der Waals surface area (Å²) in [4.78, 5) is 23.3. The number of esters is 1. The van der Waals surface area contributed by atoms with Crippen molar-refractivity contribution in [2.24, 2.45) is 11.8 Å². The lowest BCUT2D eigenvalue weighted by atomic mass is 9.68. The van der Waals surface area contributed by atoms with E-state index in [1.165, 1.54) is 0 Å². The first-order chi connectivity index (χ1) is 7.57. The van der Waals surface area contributed by atoms with Gasteiger partial charge in [-0.3, -0.25) is 9.59 Å². The number of Topliss-reactive ketones (excluding diaryl/α,β-unsaturated/α-hetero) is 1. The normalized spacial score (nSPS) is 39.9. The Morgan fingerprint density at radius 3 is 2.50 bits per heavy atom. The minimum absolute atomic E-state index is 0.0180. The van der Waals surface area contributed by atoms with Crippen molar-refractivity contribution in [3.8, 4) is 0 Å². The van der Waals surface area contributed by atoms with Crippen molar-refractivity contribution in [1.29, 1.82) is 0 Å². The van der Waals surface area contributed by atoms with E-state index in [9.17, 15) is 9.59 Å². The predicted octanol–water partition coefficient (Wildman–Crippen LogP) is 2.48. The molecule has 3 heteroatoms. The molecule has 1 spiro atoms. The highest BCUT2D eigenvalue weighted by atomic mass is 16.6. The van der Waals surface area contributed by atoms with Crippen LogP contribution in [0, 0.1) is 11.8 Å². The molecule has 0 radical (unpaired) electrons. The van der Waals surface area contributed by atoms with Crippen LogP contribution < -0.4 is 0 Å². The Labute approximate surface area is 96.5 Å². The van der Waals surface area contributed by atoms with E-state index < -0.39 is 5.60 Å². The topological polar surface area (TPSA) is 43.4 Å². The molecule has 2 rings (SSSR count). The van der Waals surface area contributed by atoms with Gasteiger partial charge in [-0.05, 0) is 38.0 Å². The summed E-state index contributed by atoms with van der Waals surface area (Å²) in [6.45, 7) is 4.24. The van der Waals surface area contributed by atoms with E-state index in [4.69, 9.17) is 4.74 Å². The number of hydrogen-bond donors (Lipinski definition) is 0. The van der Waals surface area contributed by atoms with Crippen molar-refractivity contribution in [3.63, 3.8) is 0 Å². The summed E-state index contributed by atoms with van der Waals surface area (Å²) in [6, 6.07) is 0. The zero-order valence-corrected chi connectivity index (χ0v) is 10.1. The average Bonchev–Trinajstić information content (AvgIpc) is 2.22. The number of hydrogen-bond acceptors (Lipinski definition) is 3. The zero-order chi connectivity index (χ0) is 11.8. The SMILES string of the molecule is CCC1C(=O)CC(=O)OC12CCC(C)CC2. The second-order valence-electron chi connectivity index (χ2n) is 5.33. The Balaban J connectivity index is 2.21. The summed E-state index contributed by atoms with van der Waals surface area (Å²) >= 11 is 0. The van der Waals surface area contributed by atoms with Crippen molar-refractivity contribution in [2.75, 3.05) is 0 Å². The molecule has 1 heterocycles. The molecule has 0 N–H and O–H groups in total. The van der Waals surface area contributed by atoms with E-state index in [2.05, 4.69) is 6.92 Å². The van der Waals surface area contributed by atoms with Gasteiger partial charge in [-0.2, -0.15) is 0 Å². The van der Waals surface area contributed by atoms with Gasteiger partial charge in [0.15, 0.2) is 5.78 Å². The summed E-state index contributed by atoms with van der Waals surface area (Å²) in [5, 5.41) is 0. The highest BCUT2D eigenvalue weighted by molar-refractivity contribution is 5.99. The molecule has 16 heavy (non-hydrogen) atoms. The van der Waals surface area contributed by atoms with E-state index in [-0.39, 0.29) is 24.1 Å². The summed E-state index contributed by atoms with van der Waals surface area (Å²) in [6.07, 6.45) is 4.64. The minimum atomic E-state index is -0.451. The first-order valence-electron chi connectivity index (χ1n) is 6.32. The van der Waals surface area contributed by atoms with E-state index in [0.717, 1.165) is 32.1 Å². The smallest absolute Gasteiger partial charge is 0.313 e. The highest BCUT2D eigenvalue weighted by Crippen LogP contribution is 2.44. The van der Waals surface area contributed by atoms with Gasteiger partial charge in [-0.15, -0.1) is 0 Å². The maximum absolute atomic E-state index is 11.9. The molecule has 1 atom stereocenters. The molecule has 0 bridgehead atoms. The molecule has 90 valence electrons. The molecule has 2 aliphatic rings. The summed E-state index contributed by atoms with van der Waals surface area (Å²) < 4.78 is 5.58. The molecule has 0 aromatic heterocycles. The summed E-state index contributed by atoms with van der Waals surface area (Å²) in [5.74, 6) is 0.411. The van der Waals surface area contributed by atoms with E-state index in [0.29, 0.717) is 5.92 Å². The Morgan fingerprint density at radius 1 is 1.31 bits per heavy atom. The van der Waals surface area contributed by atoms with E-state index >= 15 is 0 Å². The number of carbonyl (C=O) groups is 2. The van der Waals surface area contributed by atoms with Crippen LogP contribution in [0.4, 0.5) is 0 Å². The monoisotopic (exact) mass is 224 g/mol. The molecular formula is C13H20O3. The quantitative estimate of drug-likeness (QED) is 0.507. The second-order valence-corrected chi connectivity index (χ2v) is 5.33. The van der Waals surface area contributed by atoms with Gasteiger partial charge < -0.3 is 4.74 Å². The van der Waals surface area contributed by atoms with Gasteiger partial charge in [0.05, 0.1) is 5.92 Å². The number of ketones is 1. The molecule has 0 aromatic carbocycles. The van der Waals surface area contributed by atoms with Crippen LogP contribution in [0.2, 0.25) is 0 Å². The third-order valence-electron chi connectivity index (χ3n) is 4.19. The van der Waals surface area contributed by atoms with Crippen molar-refractivity contribution >= 4 is 11.8 Å². The maximum atomic E-state index is 11.9. The van der Waals surface area contributed by atoms with Gasteiger partial charge in [-0.25, -0.2) is 0 Å². The van der Waals surface area contributed by atoms with Gasteiger partial charge >= 0.3 is 5.97 Å². The van der Waals surface area contributed by atoms with Crippen molar-refractivity contribution < 1.29 is 14.3 Å². The highest BCUT2D eigenvalue weighted by Gasteiger charge is 2.50. The van der Waals surface area contributed by atoms with Crippen molar-refractivity contribution in [3.05, 3.63) is 0 Å². The standard InChI is InChI=1S/C13H20O3/c1-3-10-11(14)8-12(15)16-13(10)6-4-9(2)5-7-13/h9-10H,3-8H2,1-2H3. The van der Waals surface area contributed by atoms with Gasteiger partial charge in [-0.1, -0.05) is 13.8 Å². The Bertz CT molecular complexity index is 300. The minimum Gasteiger partial charge on any atom is -0.458 e. The Hall–Kier alpha value is -0.860. The number of carbonyl (C=O) groups excluding carboxylic acids is 2. The maximum Gasteiger partial charge on any atom is 0.313 e.